The van der Waals surface area contributed by atoms with E-state index in [1.165, 1.54) is 55.1 Å². The van der Waals surface area contributed by atoms with E-state index in [1.54, 1.807) is 0 Å². The van der Waals surface area contributed by atoms with Gasteiger partial charge in [-0.1, -0.05) is 11.6 Å². The minimum Gasteiger partial charge on any atom is -0.307 e. The average molecular weight is 309 g/mol. The van der Waals surface area contributed by atoms with Gasteiger partial charge < -0.3 is 10.2 Å². The summed E-state index contributed by atoms with van der Waals surface area (Å²) in [5, 5.41) is 4.84. The summed E-state index contributed by atoms with van der Waals surface area (Å²) in [4.78, 5) is 4.03. The Balaban J connectivity index is 1.54. The van der Waals surface area contributed by atoms with E-state index in [-0.39, 0.29) is 0 Å². The van der Waals surface area contributed by atoms with Crippen LogP contribution < -0.4 is 5.32 Å². The van der Waals surface area contributed by atoms with Crippen molar-refractivity contribution in [2.75, 3.05) is 25.4 Å². The van der Waals surface area contributed by atoms with Gasteiger partial charge in [-0.25, -0.2) is 0 Å². The number of rotatable bonds is 2. The molecule has 2 saturated heterocycles. The Labute approximate surface area is 130 Å². The van der Waals surface area contributed by atoms with E-state index in [4.69, 9.17) is 11.6 Å². The van der Waals surface area contributed by atoms with E-state index in [0.717, 1.165) is 10.9 Å². The average Bonchev–Trinajstić information content (AvgIpc) is 2.85. The van der Waals surface area contributed by atoms with Crippen LogP contribution in [0.5, 0.6) is 0 Å². The molecule has 0 saturated carbocycles. The van der Waals surface area contributed by atoms with Gasteiger partial charge in [0.15, 0.2) is 0 Å². The Morgan fingerprint density at radius 3 is 3.05 bits per heavy atom. The maximum atomic E-state index is 6.20. The zero-order valence-electron chi connectivity index (χ0n) is 11.6. The molecule has 4 unspecified atom stereocenters. The molecule has 3 heterocycles. The van der Waals surface area contributed by atoms with Crippen LogP contribution in [0.1, 0.15) is 30.9 Å². The van der Waals surface area contributed by atoms with Crippen LogP contribution in [0.25, 0.3) is 0 Å². The number of thioether (sulfide) groups is 1. The topological polar surface area (TPSA) is 15.3 Å². The van der Waals surface area contributed by atoms with Crippen LogP contribution in [0.15, 0.2) is 23.1 Å². The van der Waals surface area contributed by atoms with E-state index >= 15 is 0 Å². The Bertz CT molecular complexity index is 507. The molecule has 0 amide bonds. The van der Waals surface area contributed by atoms with Crippen molar-refractivity contribution in [1.82, 2.24) is 10.2 Å². The maximum Gasteiger partial charge on any atom is 0.0410 e. The van der Waals surface area contributed by atoms with Gasteiger partial charge in [0, 0.05) is 28.5 Å². The normalized spacial score (nSPS) is 35.9. The monoisotopic (exact) mass is 308 g/mol. The maximum absolute atomic E-state index is 6.20. The first-order valence-corrected chi connectivity index (χ1v) is 9.06. The first kappa shape index (κ1) is 13.4. The molecule has 0 radical (unpaired) electrons. The molecule has 0 aliphatic carbocycles. The summed E-state index contributed by atoms with van der Waals surface area (Å²) in [7, 11) is 0. The number of hydrogen-bond donors (Lipinski definition) is 1. The van der Waals surface area contributed by atoms with Crippen molar-refractivity contribution in [3.63, 3.8) is 0 Å². The lowest BCUT2D eigenvalue weighted by molar-refractivity contribution is 0.208. The summed E-state index contributed by atoms with van der Waals surface area (Å²) in [5.74, 6) is 2.08. The molecule has 4 atom stereocenters. The highest BCUT2D eigenvalue weighted by atomic mass is 35.5. The standard InChI is InChI=1S/C16H21ClN2S/c17-12-1-2-16-13(9-12)15(5-8-20-16)18-14-4-7-19-6-3-11(14)10-19/h1-2,9,11,14-15,18H,3-8,10H2. The van der Waals surface area contributed by atoms with Gasteiger partial charge in [-0.05, 0) is 67.8 Å². The minimum atomic E-state index is 0.502. The fraction of sp³-hybridized carbons (Fsp3) is 0.625. The van der Waals surface area contributed by atoms with E-state index in [2.05, 4.69) is 22.3 Å². The summed E-state index contributed by atoms with van der Waals surface area (Å²) >= 11 is 8.17. The van der Waals surface area contributed by atoms with E-state index in [0.29, 0.717) is 12.1 Å². The minimum absolute atomic E-state index is 0.502. The molecule has 1 aromatic carbocycles. The molecule has 2 nitrogen and oxygen atoms in total. The van der Waals surface area contributed by atoms with Gasteiger partial charge in [-0.15, -0.1) is 11.8 Å². The van der Waals surface area contributed by atoms with Gasteiger partial charge in [-0.3, -0.25) is 0 Å². The number of fused-ring (bicyclic) bond motifs is 3. The highest BCUT2D eigenvalue weighted by molar-refractivity contribution is 7.99. The molecule has 4 heteroatoms. The molecule has 2 fully saturated rings. The first-order valence-electron chi connectivity index (χ1n) is 7.70. The quantitative estimate of drug-likeness (QED) is 0.899. The number of hydrogen-bond acceptors (Lipinski definition) is 3. The van der Waals surface area contributed by atoms with Gasteiger partial charge in [-0.2, -0.15) is 0 Å². The molecule has 3 aliphatic heterocycles. The zero-order valence-corrected chi connectivity index (χ0v) is 13.2. The molecule has 0 aromatic heterocycles. The van der Waals surface area contributed by atoms with Crippen molar-refractivity contribution < 1.29 is 0 Å². The predicted octanol–water partition coefficient (Wildman–Crippen LogP) is 3.56. The smallest absolute Gasteiger partial charge is 0.0410 e. The Morgan fingerprint density at radius 2 is 2.10 bits per heavy atom. The molecule has 3 aliphatic rings. The molecular weight excluding hydrogens is 288 g/mol. The molecule has 0 spiro atoms. The molecule has 20 heavy (non-hydrogen) atoms. The van der Waals surface area contributed by atoms with Gasteiger partial charge in [0.25, 0.3) is 0 Å². The SMILES string of the molecule is Clc1ccc2c(c1)C(NC1CCN3CCC1C3)CCS2. The highest BCUT2D eigenvalue weighted by Crippen LogP contribution is 2.39. The molecule has 108 valence electrons. The molecule has 4 rings (SSSR count). The summed E-state index contributed by atoms with van der Waals surface area (Å²) in [6.07, 6.45) is 3.91. The van der Waals surface area contributed by atoms with Crippen molar-refractivity contribution in [2.45, 2.75) is 36.2 Å². The van der Waals surface area contributed by atoms with Crippen LogP contribution in [0.2, 0.25) is 5.02 Å². The molecule has 2 bridgehead atoms. The molecular formula is C16H21ClN2S. The largest absolute Gasteiger partial charge is 0.307 e. The Hall–Kier alpha value is -0.220. The van der Waals surface area contributed by atoms with E-state index < -0.39 is 0 Å². The van der Waals surface area contributed by atoms with Crippen molar-refractivity contribution >= 4 is 23.4 Å². The number of nitrogens with zero attached hydrogens (tertiary/aromatic N) is 1. The van der Waals surface area contributed by atoms with E-state index in [9.17, 15) is 0 Å². The number of piperidine rings is 1. The van der Waals surface area contributed by atoms with Crippen LogP contribution in [0.4, 0.5) is 0 Å². The fourth-order valence-electron chi connectivity index (χ4n) is 3.97. The van der Waals surface area contributed by atoms with Crippen LogP contribution in [0, 0.1) is 5.92 Å². The van der Waals surface area contributed by atoms with Crippen molar-refractivity contribution in [1.29, 1.82) is 0 Å². The van der Waals surface area contributed by atoms with Crippen LogP contribution in [-0.2, 0) is 0 Å². The summed E-state index contributed by atoms with van der Waals surface area (Å²) < 4.78 is 0. The fourth-order valence-corrected chi connectivity index (χ4v) is 5.25. The van der Waals surface area contributed by atoms with Crippen molar-refractivity contribution in [3.8, 4) is 0 Å². The van der Waals surface area contributed by atoms with Crippen molar-refractivity contribution in [2.24, 2.45) is 5.92 Å². The van der Waals surface area contributed by atoms with Crippen LogP contribution >= 0.6 is 23.4 Å². The lowest BCUT2D eigenvalue weighted by Crippen LogP contribution is -2.45. The Kier molecular flexibility index (Phi) is 3.71. The number of nitrogens with one attached hydrogen (secondary N) is 1. The summed E-state index contributed by atoms with van der Waals surface area (Å²) in [6, 6.07) is 7.58. The number of benzene rings is 1. The summed E-state index contributed by atoms with van der Waals surface area (Å²) in [6.45, 7) is 3.89. The Morgan fingerprint density at radius 1 is 1.20 bits per heavy atom. The van der Waals surface area contributed by atoms with Crippen LogP contribution in [-0.4, -0.2) is 36.3 Å². The second-order valence-electron chi connectivity index (χ2n) is 6.28. The van der Waals surface area contributed by atoms with E-state index in [1.807, 2.05) is 17.8 Å². The zero-order chi connectivity index (χ0) is 13.5. The lowest BCUT2D eigenvalue weighted by atomic mass is 9.92. The second-order valence-corrected chi connectivity index (χ2v) is 7.86. The third-order valence-electron chi connectivity index (χ3n) is 5.06. The van der Waals surface area contributed by atoms with Crippen LogP contribution in [0.3, 0.4) is 0 Å². The third kappa shape index (κ3) is 2.50. The second kappa shape index (κ2) is 5.53. The molecule has 1 aromatic rings. The van der Waals surface area contributed by atoms with Gasteiger partial charge in [0.1, 0.15) is 0 Å². The lowest BCUT2D eigenvalue weighted by Gasteiger charge is -2.36. The molecule has 1 N–H and O–H groups in total. The number of halogens is 1. The van der Waals surface area contributed by atoms with Gasteiger partial charge in [0.2, 0.25) is 0 Å². The first-order chi connectivity index (χ1) is 9.79. The third-order valence-corrected chi connectivity index (χ3v) is 6.42. The van der Waals surface area contributed by atoms with Crippen molar-refractivity contribution in [3.05, 3.63) is 28.8 Å². The predicted molar refractivity (Wildman–Crippen MR) is 85.6 cm³/mol. The highest BCUT2D eigenvalue weighted by Gasteiger charge is 2.35. The van der Waals surface area contributed by atoms with Gasteiger partial charge >= 0.3 is 0 Å². The van der Waals surface area contributed by atoms with Gasteiger partial charge in [0.05, 0.1) is 0 Å². The summed E-state index contributed by atoms with van der Waals surface area (Å²) in [5.41, 5.74) is 1.43.